The minimum Gasteiger partial charge on any atom is -0.276 e. The van der Waals surface area contributed by atoms with E-state index in [1.54, 1.807) is 0 Å². The SMILES string of the molecule is c1ccc(-c2nc(-c3ccccc3)nc(-n3c4c5ccccc5c5ccccc5c4c4c5c6ccccc6sc5c5ccccc5c43)n2)cc1. The van der Waals surface area contributed by atoms with Crippen LogP contribution in [0.3, 0.4) is 0 Å². The summed E-state index contributed by atoms with van der Waals surface area (Å²) < 4.78 is 4.93. The second-order valence-electron chi connectivity index (χ2n) is 12.7. The quantitative estimate of drug-likeness (QED) is 0.178. The van der Waals surface area contributed by atoms with Crippen LogP contribution in [0.4, 0.5) is 0 Å². The van der Waals surface area contributed by atoms with Crippen LogP contribution in [-0.2, 0) is 0 Å². The summed E-state index contributed by atoms with van der Waals surface area (Å²) in [6.45, 7) is 0. The van der Waals surface area contributed by atoms with Crippen LogP contribution < -0.4 is 0 Å². The largest absolute Gasteiger partial charge is 0.276 e. The Labute approximate surface area is 290 Å². The first kappa shape index (κ1) is 27.5. The van der Waals surface area contributed by atoms with Gasteiger partial charge in [-0.05, 0) is 22.2 Å². The first-order valence-corrected chi connectivity index (χ1v) is 17.6. The average molecular weight is 655 g/mol. The Morgan fingerprint density at radius 2 is 0.820 bits per heavy atom. The van der Waals surface area contributed by atoms with Gasteiger partial charge in [-0.3, -0.25) is 4.57 Å². The highest BCUT2D eigenvalue weighted by Gasteiger charge is 2.26. The van der Waals surface area contributed by atoms with Crippen LogP contribution in [0, 0.1) is 0 Å². The molecule has 0 saturated carbocycles. The number of nitrogens with zero attached hydrogens (tertiary/aromatic N) is 4. The summed E-state index contributed by atoms with van der Waals surface area (Å²) in [5.74, 6) is 1.88. The lowest BCUT2D eigenvalue weighted by molar-refractivity contribution is 0.957. The van der Waals surface area contributed by atoms with Crippen molar-refractivity contribution >= 4 is 85.6 Å². The predicted octanol–water partition coefficient (Wildman–Crippen LogP) is 12.1. The molecule has 5 heteroatoms. The highest BCUT2D eigenvalue weighted by atomic mass is 32.1. The van der Waals surface area contributed by atoms with Crippen LogP contribution in [-0.4, -0.2) is 19.5 Å². The molecule has 0 saturated heterocycles. The number of benzene rings is 8. The third-order valence-electron chi connectivity index (χ3n) is 10.00. The normalized spacial score (nSPS) is 12.0. The molecule has 4 nitrogen and oxygen atoms in total. The molecule has 0 fully saturated rings. The maximum Gasteiger partial charge on any atom is 0.238 e. The van der Waals surface area contributed by atoms with Gasteiger partial charge in [0.15, 0.2) is 11.6 Å². The van der Waals surface area contributed by atoms with E-state index in [9.17, 15) is 0 Å². The second kappa shape index (κ2) is 10.5. The van der Waals surface area contributed by atoms with Crippen LogP contribution in [0.25, 0.3) is 103 Å². The number of fused-ring (bicyclic) bond motifs is 15. The topological polar surface area (TPSA) is 43.6 Å². The van der Waals surface area contributed by atoms with Gasteiger partial charge in [0.2, 0.25) is 5.95 Å². The molecule has 0 radical (unpaired) electrons. The molecule has 0 atom stereocenters. The number of hydrogen-bond acceptors (Lipinski definition) is 4. The van der Waals surface area contributed by atoms with Crippen molar-refractivity contribution in [3.05, 3.63) is 158 Å². The first-order chi connectivity index (χ1) is 24.8. The molecule has 0 spiro atoms. The van der Waals surface area contributed by atoms with Gasteiger partial charge in [-0.15, -0.1) is 11.3 Å². The summed E-state index contributed by atoms with van der Waals surface area (Å²) in [6.07, 6.45) is 0. The third-order valence-corrected chi connectivity index (χ3v) is 11.2. The van der Waals surface area contributed by atoms with E-state index in [4.69, 9.17) is 15.0 Å². The highest BCUT2D eigenvalue weighted by Crippen LogP contribution is 2.50. The molecule has 232 valence electrons. The minimum absolute atomic E-state index is 0.599. The van der Waals surface area contributed by atoms with Gasteiger partial charge >= 0.3 is 0 Å². The Kier molecular flexibility index (Phi) is 5.80. The molecule has 0 aliphatic rings. The molecule has 0 aliphatic heterocycles. The molecule has 11 rings (SSSR count). The molecular formula is C45H26N4S. The molecule has 0 N–H and O–H groups in total. The number of aromatic nitrogens is 4. The third kappa shape index (κ3) is 3.84. The van der Waals surface area contributed by atoms with E-state index in [1.807, 2.05) is 47.7 Å². The number of thiophene rings is 1. The van der Waals surface area contributed by atoms with Crippen molar-refractivity contribution in [1.82, 2.24) is 19.5 Å². The van der Waals surface area contributed by atoms with Crippen molar-refractivity contribution in [3.8, 4) is 28.7 Å². The molecule has 0 bridgehead atoms. The van der Waals surface area contributed by atoms with E-state index in [2.05, 4.69) is 126 Å². The fourth-order valence-electron chi connectivity index (χ4n) is 7.92. The van der Waals surface area contributed by atoms with Crippen molar-refractivity contribution in [2.45, 2.75) is 0 Å². The van der Waals surface area contributed by atoms with E-state index in [-0.39, 0.29) is 0 Å². The Bertz CT molecular complexity index is 3080. The average Bonchev–Trinajstić information content (AvgIpc) is 3.76. The first-order valence-electron chi connectivity index (χ1n) is 16.8. The van der Waals surface area contributed by atoms with Crippen molar-refractivity contribution in [3.63, 3.8) is 0 Å². The molecule has 3 aromatic heterocycles. The van der Waals surface area contributed by atoms with E-state index in [1.165, 1.54) is 57.9 Å². The van der Waals surface area contributed by atoms with E-state index in [0.29, 0.717) is 17.6 Å². The van der Waals surface area contributed by atoms with Crippen LogP contribution in [0.2, 0.25) is 0 Å². The van der Waals surface area contributed by atoms with Gasteiger partial charge in [-0.1, -0.05) is 152 Å². The Balaban J connectivity index is 1.46. The maximum atomic E-state index is 5.34. The zero-order valence-corrected chi connectivity index (χ0v) is 27.5. The fraction of sp³-hybridized carbons (Fsp3) is 0. The van der Waals surface area contributed by atoms with Gasteiger partial charge in [-0.25, -0.2) is 4.98 Å². The van der Waals surface area contributed by atoms with E-state index in [0.717, 1.165) is 27.5 Å². The molecule has 11 aromatic rings. The standard InChI is InChI=1S/C45H26N4S/c1-3-15-27(16-4-1)43-46-44(28-17-5-2-6-18-28)48-45(47-43)49-40-32-22-10-8-20-30(32)29-19-7-9-21-31(29)37(40)39-38-35-25-13-14-26-36(35)50-42(38)34-24-12-11-23-33(34)41(39)49/h1-26H. The van der Waals surface area contributed by atoms with Crippen molar-refractivity contribution in [1.29, 1.82) is 0 Å². The second-order valence-corrected chi connectivity index (χ2v) is 13.8. The molecule has 0 unspecified atom stereocenters. The predicted molar refractivity (Wildman–Crippen MR) is 210 cm³/mol. The molecule has 50 heavy (non-hydrogen) atoms. The number of hydrogen-bond donors (Lipinski definition) is 0. The van der Waals surface area contributed by atoms with Gasteiger partial charge in [0.05, 0.1) is 11.0 Å². The molecule has 3 heterocycles. The summed E-state index contributed by atoms with van der Waals surface area (Å²) in [4.78, 5) is 15.7. The van der Waals surface area contributed by atoms with Crippen LogP contribution in [0.5, 0.6) is 0 Å². The lowest BCUT2D eigenvalue weighted by atomic mass is 9.94. The highest BCUT2D eigenvalue weighted by molar-refractivity contribution is 7.27. The lowest BCUT2D eigenvalue weighted by Gasteiger charge is -2.13. The van der Waals surface area contributed by atoms with Gasteiger partial charge in [0.25, 0.3) is 0 Å². The van der Waals surface area contributed by atoms with Gasteiger partial charge in [0.1, 0.15) is 0 Å². The Hall–Kier alpha value is -6.43. The van der Waals surface area contributed by atoms with E-state index < -0.39 is 0 Å². The zero-order chi connectivity index (χ0) is 32.8. The van der Waals surface area contributed by atoms with Crippen molar-refractivity contribution < 1.29 is 0 Å². The molecule has 8 aromatic carbocycles. The van der Waals surface area contributed by atoms with Gasteiger partial charge in [0, 0.05) is 58.2 Å². The number of rotatable bonds is 3. The Morgan fingerprint density at radius 3 is 1.46 bits per heavy atom. The van der Waals surface area contributed by atoms with Crippen molar-refractivity contribution in [2.75, 3.05) is 0 Å². The molecule has 0 amide bonds. The van der Waals surface area contributed by atoms with Crippen molar-refractivity contribution in [2.24, 2.45) is 0 Å². The maximum absolute atomic E-state index is 5.34. The van der Waals surface area contributed by atoms with Crippen LogP contribution in [0.15, 0.2) is 158 Å². The van der Waals surface area contributed by atoms with Gasteiger partial charge < -0.3 is 0 Å². The Morgan fingerprint density at radius 1 is 0.360 bits per heavy atom. The van der Waals surface area contributed by atoms with Gasteiger partial charge in [-0.2, -0.15) is 9.97 Å². The minimum atomic E-state index is 0.599. The summed E-state index contributed by atoms with van der Waals surface area (Å²) in [5.41, 5.74) is 4.10. The summed E-state index contributed by atoms with van der Waals surface area (Å²) >= 11 is 1.88. The van der Waals surface area contributed by atoms with Crippen LogP contribution >= 0.6 is 11.3 Å². The summed E-state index contributed by atoms with van der Waals surface area (Å²) in [5, 5.41) is 12.2. The summed E-state index contributed by atoms with van der Waals surface area (Å²) in [7, 11) is 0. The lowest BCUT2D eigenvalue weighted by Crippen LogP contribution is -2.07. The van der Waals surface area contributed by atoms with E-state index >= 15 is 0 Å². The molecular weight excluding hydrogens is 629 g/mol. The molecule has 0 aliphatic carbocycles. The summed E-state index contributed by atoms with van der Waals surface area (Å²) in [6, 6.07) is 55.7. The monoisotopic (exact) mass is 654 g/mol. The smallest absolute Gasteiger partial charge is 0.238 e. The zero-order valence-electron chi connectivity index (χ0n) is 26.7. The fourth-order valence-corrected chi connectivity index (χ4v) is 9.17. The van der Waals surface area contributed by atoms with Crippen LogP contribution in [0.1, 0.15) is 0 Å².